The smallest absolute Gasteiger partial charge is 0.122 e. The third kappa shape index (κ3) is 5.06. The van der Waals surface area contributed by atoms with E-state index in [0.717, 1.165) is 36.5 Å². The van der Waals surface area contributed by atoms with Crippen molar-refractivity contribution in [1.82, 2.24) is 14.7 Å². The average Bonchev–Trinajstić information content (AvgIpc) is 3.01. The summed E-state index contributed by atoms with van der Waals surface area (Å²) in [6, 6.07) is 5.99. The highest BCUT2D eigenvalue weighted by atomic mass is 16.5. The Labute approximate surface area is 155 Å². The highest BCUT2D eigenvalue weighted by Crippen LogP contribution is 2.20. The van der Waals surface area contributed by atoms with Crippen molar-refractivity contribution in [2.75, 3.05) is 32.8 Å². The lowest BCUT2D eigenvalue weighted by Crippen LogP contribution is -2.47. The molecule has 1 aromatic heterocycles. The molecule has 26 heavy (non-hydrogen) atoms. The van der Waals surface area contributed by atoms with Gasteiger partial charge in [0.2, 0.25) is 0 Å². The van der Waals surface area contributed by atoms with E-state index in [1.54, 1.807) is 0 Å². The molecule has 0 radical (unpaired) electrons. The molecule has 2 aromatic rings. The molecule has 1 aliphatic rings. The number of aryl methyl sites for hydroxylation is 2. The topological polar surface area (TPSA) is 59.8 Å². The van der Waals surface area contributed by atoms with Gasteiger partial charge < -0.3 is 14.6 Å². The number of β-amino-alcohol motifs (C(OH)–C–C–N with tert-alkyl or cyclic N) is 1. The van der Waals surface area contributed by atoms with Crippen molar-refractivity contribution in [2.24, 2.45) is 0 Å². The van der Waals surface area contributed by atoms with E-state index in [0.29, 0.717) is 19.8 Å². The van der Waals surface area contributed by atoms with Crippen LogP contribution in [0, 0.1) is 20.8 Å². The summed E-state index contributed by atoms with van der Waals surface area (Å²) < 4.78 is 13.6. The van der Waals surface area contributed by atoms with Gasteiger partial charge in [-0.15, -0.1) is 0 Å². The molecule has 1 aliphatic heterocycles. The number of benzene rings is 1. The Kier molecular flexibility index (Phi) is 6.29. The van der Waals surface area contributed by atoms with E-state index in [-0.39, 0.29) is 6.10 Å². The van der Waals surface area contributed by atoms with E-state index in [4.69, 9.17) is 9.47 Å². The van der Waals surface area contributed by atoms with Gasteiger partial charge in [-0.2, -0.15) is 5.10 Å². The van der Waals surface area contributed by atoms with Gasteiger partial charge in [0.15, 0.2) is 0 Å². The van der Waals surface area contributed by atoms with Crippen molar-refractivity contribution in [3.8, 4) is 5.75 Å². The van der Waals surface area contributed by atoms with Crippen LogP contribution in [0.3, 0.4) is 0 Å². The van der Waals surface area contributed by atoms with E-state index >= 15 is 0 Å². The summed E-state index contributed by atoms with van der Waals surface area (Å²) in [7, 11) is 0. The standard InChI is InChI=1S/C20H29N3O3/c1-15-9-21-23(10-15)13-19-12-22(7-8-25-19)11-18(24)14-26-20-6-4-5-16(2)17(20)3/h4-6,9-10,18-19,24H,7-8,11-14H2,1-3H3. The number of morpholine rings is 1. The van der Waals surface area contributed by atoms with Gasteiger partial charge in [0.25, 0.3) is 0 Å². The second-order valence-corrected chi connectivity index (χ2v) is 7.15. The van der Waals surface area contributed by atoms with Crippen LogP contribution in [0.1, 0.15) is 16.7 Å². The van der Waals surface area contributed by atoms with Crippen molar-refractivity contribution >= 4 is 0 Å². The molecule has 0 spiro atoms. The molecular weight excluding hydrogens is 330 g/mol. The number of aromatic nitrogens is 2. The lowest BCUT2D eigenvalue weighted by atomic mass is 10.1. The van der Waals surface area contributed by atoms with Crippen molar-refractivity contribution in [2.45, 2.75) is 39.5 Å². The zero-order valence-corrected chi connectivity index (χ0v) is 15.9. The zero-order chi connectivity index (χ0) is 18.5. The normalized spacial score (nSPS) is 19.5. The molecule has 0 bridgehead atoms. The van der Waals surface area contributed by atoms with Crippen LogP contribution in [0.5, 0.6) is 5.75 Å². The van der Waals surface area contributed by atoms with Gasteiger partial charge in [-0.1, -0.05) is 12.1 Å². The van der Waals surface area contributed by atoms with Crippen LogP contribution in [0.15, 0.2) is 30.6 Å². The lowest BCUT2D eigenvalue weighted by Gasteiger charge is -2.34. The predicted molar refractivity (Wildman–Crippen MR) is 101 cm³/mol. The number of ether oxygens (including phenoxy) is 2. The van der Waals surface area contributed by atoms with Crippen LogP contribution < -0.4 is 4.74 Å². The lowest BCUT2D eigenvalue weighted by molar-refractivity contribution is -0.0517. The first-order valence-corrected chi connectivity index (χ1v) is 9.21. The molecule has 1 N–H and O–H groups in total. The first-order valence-electron chi connectivity index (χ1n) is 9.21. The first kappa shape index (κ1) is 18.9. The minimum atomic E-state index is -0.527. The number of nitrogens with zero attached hydrogens (tertiary/aromatic N) is 3. The molecule has 142 valence electrons. The Balaban J connectivity index is 1.46. The largest absolute Gasteiger partial charge is 0.491 e. The number of aliphatic hydroxyl groups excluding tert-OH is 1. The Morgan fingerprint density at radius 1 is 1.35 bits per heavy atom. The number of rotatable bonds is 7. The van der Waals surface area contributed by atoms with Crippen molar-refractivity contribution < 1.29 is 14.6 Å². The molecule has 0 aliphatic carbocycles. The summed E-state index contributed by atoms with van der Waals surface area (Å²) in [6.45, 7) is 10.1. The van der Waals surface area contributed by atoms with Crippen molar-refractivity contribution in [3.05, 3.63) is 47.3 Å². The second kappa shape index (κ2) is 8.66. The third-order valence-corrected chi connectivity index (χ3v) is 4.83. The molecule has 0 amide bonds. The predicted octanol–water partition coefficient (Wildman–Crippen LogP) is 1.95. The van der Waals surface area contributed by atoms with Gasteiger partial charge in [-0.05, 0) is 43.5 Å². The average molecular weight is 359 g/mol. The van der Waals surface area contributed by atoms with Crippen LogP contribution in [0.2, 0.25) is 0 Å². The summed E-state index contributed by atoms with van der Waals surface area (Å²) >= 11 is 0. The molecule has 6 heteroatoms. The van der Waals surface area contributed by atoms with E-state index in [1.165, 1.54) is 5.56 Å². The second-order valence-electron chi connectivity index (χ2n) is 7.15. The van der Waals surface area contributed by atoms with Crippen molar-refractivity contribution in [1.29, 1.82) is 0 Å². The van der Waals surface area contributed by atoms with Crippen LogP contribution in [0.25, 0.3) is 0 Å². The molecule has 2 unspecified atom stereocenters. The van der Waals surface area contributed by atoms with Crippen LogP contribution in [0.4, 0.5) is 0 Å². The molecule has 1 saturated heterocycles. The molecular formula is C20H29N3O3. The quantitative estimate of drug-likeness (QED) is 0.819. The maximum absolute atomic E-state index is 10.4. The van der Waals surface area contributed by atoms with E-state index in [1.807, 2.05) is 43.1 Å². The molecule has 6 nitrogen and oxygen atoms in total. The van der Waals surface area contributed by atoms with E-state index in [2.05, 4.69) is 23.0 Å². The highest BCUT2D eigenvalue weighted by molar-refractivity contribution is 5.38. The summed E-state index contributed by atoms with van der Waals surface area (Å²) in [6.07, 6.45) is 3.44. The Hall–Kier alpha value is -1.89. The summed E-state index contributed by atoms with van der Waals surface area (Å²) in [5, 5.41) is 14.7. The first-order chi connectivity index (χ1) is 12.5. The van der Waals surface area contributed by atoms with Gasteiger partial charge in [-0.3, -0.25) is 9.58 Å². The van der Waals surface area contributed by atoms with Gasteiger partial charge in [-0.25, -0.2) is 0 Å². The highest BCUT2D eigenvalue weighted by Gasteiger charge is 2.23. The number of hydrogen-bond acceptors (Lipinski definition) is 5. The van der Waals surface area contributed by atoms with Crippen LogP contribution >= 0.6 is 0 Å². The fraction of sp³-hybridized carbons (Fsp3) is 0.550. The maximum Gasteiger partial charge on any atom is 0.122 e. The zero-order valence-electron chi connectivity index (χ0n) is 15.9. The SMILES string of the molecule is Cc1cnn(CC2CN(CC(O)COc3cccc(C)c3C)CCO2)c1. The monoisotopic (exact) mass is 359 g/mol. The minimum Gasteiger partial charge on any atom is -0.491 e. The van der Waals surface area contributed by atoms with Crippen LogP contribution in [-0.2, 0) is 11.3 Å². The van der Waals surface area contributed by atoms with Gasteiger partial charge in [0.05, 0.1) is 25.5 Å². The Bertz CT molecular complexity index is 716. The van der Waals surface area contributed by atoms with Crippen molar-refractivity contribution in [3.63, 3.8) is 0 Å². The molecule has 2 heterocycles. The van der Waals surface area contributed by atoms with Crippen LogP contribution in [-0.4, -0.2) is 64.8 Å². The molecule has 1 aromatic carbocycles. The minimum absolute atomic E-state index is 0.0928. The fourth-order valence-electron chi connectivity index (χ4n) is 3.25. The summed E-state index contributed by atoms with van der Waals surface area (Å²) in [4.78, 5) is 2.24. The van der Waals surface area contributed by atoms with Gasteiger partial charge in [0, 0.05) is 25.8 Å². The fourth-order valence-corrected chi connectivity index (χ4v) is 3.25. The van der Waals surface area contributed by atoms with E-state index < -0.39 is 6.10 Å². The Morgan fingerprint density at radius 3 is 2.96 bits per heavy atom. The third-order valence-electron chi connectivity index (χ3n) is 4.83. The maximum atomic E-state index is 10.4. The molecule has 3 rings (SSSR count). The summed E-state index contributed by atoms with van der Waals surface area (Å²) in [5.74, 6) is 0.845. The molecule has 0 saturated carbocycles. The van der Waals surface area contributed by atoms with Gasteiger partial charge in [0.1, 0.15) is 18.5 Å². The number of hydrogen-bond donors (Lipinski definition) is 1. The number of aliphatic hydroxyl groups is 1. The summed E-state index contributed by atoms with van der Waals surface area (Å²) in [5.41, 5.74) is 3.47. The Morgan fingerprint density at radius 2 is 2.19 bits per heavy atom. The van der Waals surface area contributed by atoms with E-state index in [9.17, 15) is 5.11 Å². The molecule has 1 fully saturated rings. The van der Waals surface area contributed by atoms with Gasteiger partial charge >= 0.3 is 0 Å². The molecule has 2 atom stereocenters.